The zero-order valence-electron chi connectivity index (χ0n) is 17.1. The molecule has 2 aliphatic rings. The van der Waals surface area contributed by atoms with Crippen LogP contribution in [-0.2, 0) is 14.4 Å². The van der Waals surface area contributed by atoms with Crippen molar-refractivity contribution in [2.45, 2.75) is 70.6 Å². The molecule has 1 aliphatic carbocycles. The third kappa shape index (κ3) is 5.75. The molecule has 6 N–H and O–H groups in total. The number of amides is 2. The Balaban J connectivity index is 2.01. The van der Waals surface area contributed by atoms with Crippen molar-refractivity contribution >= 4 is 17.6 Å². The van der Waals surface area contributed by atoms with E-state index in [0.717, 1.165) is 19.4 Å². The molecule has 0 aromatic carbocycles. The first-order valence-electron chi connectivity index (χ1n) is 10.6. The Labute approximate surface area is 167 Å². The van der Waals surface area contributed by atoms with E-state index in [2.05, 4.69) is 16.0 Å². The van der Waals surface area contributed by atoms with Crippen molar-refractivity contribution in [1.82, 2.24) is 16.0 Å². The standard InChI is InChI=1S/C20H36N4O4/c1-3-17(26)16(9-21)23-20(28)18(12(2)25)24-19(27)15-11-22-10-14(15)13-7-5-4-6-8-13/h12-16,18,22,25H,3-11,21H2,1-2H3,(H,23,28)(H,24,27)/t12-,14-,15?,16-,18-/m0/s1. The molecule has 0 radical (unpaired) electrons. The lowest BCUT2D eigenvalue weighted by Crippen LogP contribution is -2.58. The van der Waals surface area contributed by atoms with Crippen LogP contribution in [0.3, 0.4) is 0 Å². The van der Waals surface area contributed by atoms with Crippen LogP contribution in [0.2, 0.25) is 0 Å². The second-order valence-corrected chi connectivity index (χ2v) is 8.17. The summed E-state index contributed by atoms with van der Waals surface area (Å²) < 4.78 is 0. The fourth-order valence-corrected chi connectivity index (χ4v) is 4.49. The van der Waals surface area contributed by atoms with Gasteiger partial charge in [0, 0.05) is 19.5 Å². The second kappa shape index (κ2) is 10.9. The molecule has 1 saturated carbocycles. The third-order valence-electron chi connectivity index (χ3n) is 6.21. The zero-order valence-corrected chi connectivity index (χ0v) is 17.1. The summed E-state index contributed by atoms with van der Waals surface area (Å²) in [6.45, 7) is 4.53. The molecule has 5 atom stereocenters. The van der Waals surface area contributed by atoms with Gasteiger partial charge in [0.05, 0.1) is 18.1 Å². The summed E-state index contributed by atoms with van der Waals surface area (Å²) in [5.74, 6) is -0.393. The molecule has 0 aromatic rings. The van der Waals surface area contributed by atoms with Crippen molar-refractivity contribution in [2.75, 3.05) is 19.6 Å². The number of Topliss-reactive ketones (excluding diaryl/α,β-unsaturated/α-hetero) is 1. The minimum Gasteiger partial charge on any atom is -0.391 e. The molecule has 1 saturated heterocycles. The molecule has 2 fully saturated rings. The van der Waals surface area contributed by atoms with Crippen LogP contribution < -0.4 is 21.7 Å². The van der Waals surface area contributed by atoms with Gasteiger partial charge in [-0.05, 0) is 25.3 Å². The molecule has 160 valence electrons. The summed E-state index contributed by atoms with van der Waals surface area (Å²) in [5.41, 5.74) is 5.58. The lowest BCUT2D eigenvalue weighted by Gasteiger charge is -2.31. The van der Waals surface area contributed by atoms with E-state index >= 15 is 0 Å². The molecule has 8 heteroatoms. The number of carbonyl (C=O) groups excluding carboxylic acids is 3. The van der Waals surface area contributed by atoms with E-state index in [9.17, 15) is 19.5 Å². The Hall–Kier alpha value is -1.51. The Morgan fingerprint density at radius 3 is 2.39 bits per heavy atom. The van der Waals surface area contributed by atoms with Gasteiger partial charge in [0.2, 0.25) is 11.8 Å². The van der Waals surface area contributed by atoms with Crippen molar-refractivity contribution in [1.29, 1.82) is 0 Å². The van der Waals surface area contributed by atoms with E-state index in [1.807, 2.05) is 0 Å². The van der Waals surface area contributed by atoms with Crippen molar-refractivity contribution in [3.63, 3.8) is 0 Å². The van der Waals surface area contributed by atoms with Crippen LogP contribution in [0.1, 0.15) is 52.4 Å². The van der Waals surface area contributed by atoms with Gasteiger partial charge >= 0.3 is 0 Å². The number of aliphatic hydroxyl groups is 1. The van der Waals surface area contributed by atoms with Crippen LogP contribution in [-0.4, -0.2) is 60.5 Å². The zero-order chi connectivity index (χ0) is 20.7. The average molecular weight is 397 g/mol. The molecule has 0 bridgehead atoms. The average Bonchev–Trinajstić information content (AvgIpc) is 3.19. The molecule has 0 aromatic heterocycles. The highest BCUT2D eigenvalue weighted by molar-refractivity contribution is 5.93. The molecule has 2 amide bonds. The predicted molar refractivity (Wildman–Crippen MR) is 106 cm³/mol. The number of rotatable bonds is 9. The fourth-order valence-electron chi connectivity index (χ4n) is 4.49. The molecular weight excluding hydrogens is 360 g/mol. The maximum Gasteiger partial charge on any atom is 0.245 e. The van der Waals surface area contributed by atoms with Crippen LogP contribution >= 0.6 is 0 Å². The molecule has 1 heterocycles. The minimum absolute atomic E-state index is 0.0187. The molecular formula is C20H36N4O4. The number of hydrogen-bond donors (Lipinski definition) is 5. The van der Waals surface area contributed by atoms with Gasteiger partial charge in [-0.1, -0.05) is 39.0 Å². The second-order valence-electron chi connectivity index (χ2n) is 8.17. The number of nitrogens with one attached hydrogen (secondary N) is 3. The van der Waals surface area contributed by atoms with Gasteiger partial charge in [0.25, 0.3) is 0 Å². The Kier molecular flexibility index (Phi) is 8.85. The fraction of sp³-hybridized carbons (Fsp3) is 0.850. The molecule has 2 rings (SSSR count). The Morgan fingerprint density at radius 1 is 1.14 bits per heavy atom. The number of carbonyl (C=O) groups is 3. The summed E-state index contributed by atoms with van der Waals surface area (Å²) in [7, 11) is 0. The highest BCUT2D eigenvalue weighted by Gasteiger charge is 2.40. The van der Waals surface area contributed by atoms with Crippen molar-refractivity contribution in [3.8, 4) is 0 Å². The summed E-state index contributed by atoms with van der Waals surface area (Å²) >= 11 is 0. The first kappa shape index (κ1) is 22.8. The van der Waals surface area contributed by atoms with Crippen molar-refractivity contribution < 1.29 is 19.5 Å². The van der Waals surface area contributed by atoms with Crippen LogP contribution in [0.25, 0.3) is 0 Å². The monoisotopic (exact) mass is 396 g/mol. The predicted octanol–water partition coefficient (Wildman–Crippen LogP) is -0.309. The lowest BCUT2D eigenvalue weighted by atomic mass is 9.75. The summed E-state index contributed by atoms with van der Waals surface area (Å²) in [6, 6.07) is -1.92. The van der Waals surface area contributed by atoms with Crippen molar-refractivity contribution in [3.05, 3.63) is 0 Å². The van der Waals surface area contributed by atoms with E-state index in [1.54, 1.807) is 6.92 Å². The summed E-state index contributed by atoms with van der Waals surface area (Å²) in [4.78, 5) is 37.4. The van der Waals surface area contributed by atoms with Gasteiger partial charge in [0.15, 0.2) is 5.78 Å². The molecule has 28 heavy (non-hydrogen) atoms. The number of hydrogen-bond acceptors (Lipinski definition) is 6. The first-order valence-corrected chi connectivity index (χ1v) is 10.6. The number of ketones is 1. The van der Waals surface area contributed by atoms with Gasteiger partial charge < -0.3 is 26.8 Å². The van der Waals surface area contributed by atoms with Crippen molar-refractivity contribution in [2.24, 2.45) is 23.5 Å². The number of aliphatic hydroxyl groups excluding tert-OH is 1. The smallest absolute Gasteiger partial charge is 0.245 e. The highest BCUT2D eigenvalue weighted by Crippen LogP contribution is 2.35. The van der Waals surface area contributed by atoms with E-state index in [1.165, 1.54) is 26.2 Å². The van der Waals surface area contributed by atoms with Gasteiger partial charge in [-0.3, -0.25) is 14.4 Å². The Bertz CT molecular complexity index is 548. The van der Waals surface area contributed by atoms with Gasteiger partial charge in [-0.2, -0.15) is 0 Å². The van der Waals surface area contributed by atoms with Gasteiger partial charge in [0.1, 0.15) is 6.04 Å². The molecule has 8 nitrogen and oxygen atoms in total. The topological polar surface area (TPSA) is 134 Å². The lowest BCUT2D eigenvalue weighted by molar-refractivity contribution is -0.135. The quantitative estimate of drug-likeness (QED) is 0.363. The normalized spacial score (nSPS) is 26.3. The van der Waals surface area contributed by atoms with Gasteiger partial charge in [-0.15, -0.1) is 0 Å². The molecule has 0 spiro atoms. The summed E-state index contributed by atoms with van der Waals surface area (Å²) in [5, 5.41) is 18.7. The van der Waals surface area contributed by atoms with E-state index < -0.39 is 24.1 Å². The maximum absolute atomic E-state index is 12.9. The molecule has 1 aliphatic heterocycles. The number of nitrogens with two attached hydrogens (primary N) is 1. The van der Waals surface area contributed by atoms with Crippen LogP contribution in [0, 0.1) is 17.8 Å². The van der Waals surface area contributed by atoms with Crippen LogP contribution in [0.15, 0.2) is 0 Å². The SMILES string of the molecule is CCC(=O)[C@H](CN)NC(=O)[C@@H](NC(=O)C1CNC[C@H]1C1CCCCC1)[C@H](C)O. The highest BCUT2D eigenvalue weighted by atomic mass is 16.3. The first-order chi connectivity index (χ1) is 13.4. The van der Waals surface area contributed by atoms with E-state index in [0.29, 0.717) is 12.5 Å². The molecule has 1 unspecified atom stereocenters. The largest absolute Gasteiger partial charge is 0.391 e. The van der Waals surface area contributed by atoms with Crippen LogP contribution in [0.4, 0.5) is 0 Å². The van der Waals surface area contributed by atoms with Crippen LogP contribution in [0.5, 0.6) is 0 Å². The summed E-state index contributed by atoms with van der Waals surface area (Å²) in [6.07, 6.45) is 5.14. The third-order valence-corrected chi connectivity index (χ3v) is 6.21. The van der Waals surface area contributed by atoms with E-state index in [-0.39, 0.29) is 36.5 Å². The Morgan fingerprint density at radius 2 is 1.82 bits per heavy atom. The van der Waals surface area contributed by atoms with Gasteiger partial charge in [-0.25, -0.2) is 0 Å². The maximum atomic E-state index is 12.9. The minimum atomic E-state index is -1.11. The van der Waals surface area contributed by atoms with E-state index in [4.69, 9.17) is 5.73 Å².